The third-order valence-electron chi connectivity index (χ3n) is 1.89. The van der Waals surface area contributed by atoms with Crippen LogP contribution in [0.3, 0.4) is 0 Å². The van der Waals surface area contributed by atoms with Crippen LogP contribution in [0.25, 0.3) is 0 Å². The molecule has 3 N–H and O–H groups in total. The van der Waals surface area contributed by atoms with Crippen LogP contribution in [0.15, 0.2) is 28.0 Å². The smallest absolute Gasteiger partial charge is 0.279 e. The fourth-order valence-electron chi connectivity index (χ4n) is 1.17. The molecule has 0 amide bonds. The highest BCUT2D eigenvalue weighted by Crippen LogP contribution is 2.19. The van der Waals surface area contributed by atoms with Crippen LogP contribution in [0, 0.1) is 0 Å². The summed E-state index contributed by atoms with van der Waals surface area (Å²) in [6, 6.07) is 1.65. The Morgan fingerprint density at radius 1 is 1.56 bits per heavy atom. The van der Waals surface area contributed by atoms with E-state index >= 15 is 0 Å². The second-order valence-corrected chi connectivity index (χ2v) is 5.40. The average Bonchev–Trinajstić information content (AvgIpc) is 2.85. The van der Waals surface area contributed by atoms with E-state index in [1.165, 1.54) is 17.5 Å². The molecular weight excluding hydrogens is 250 g/mol. The average molecular weight is 259 g/mol. The molecule has 0 atom stereocenters. The molecule has 0 spiro atoms. The first-order valence-electron chi connectivity index (χ1n) is 4.31. The van der Waals surface area contributed by atoms with Gasteiger partial charge in [0, 0.05) is 10.9 Å². The van der Waals surface area contributed by atoms with Crippen molar-refractivity contribution in [2.24, 2.45) is 0 Å². The molecule has 2 heterocycles. The van der Waals surface area contributed by atoms with Crippen LogP contribution in [-0.4, -0.2) is 23.7 Å². The van der Waals surface area contributed by atoms with Crippen molar-refractivity contribution >= 4 is 27.0 Å². The summed E-state index contributed by atoms with van der Waals surface area (Å²) in [7, 11) is -3.70. The first-order chi connectivity index (χ1) is 7.63. The summed E-state index contributed by atoms with van der Waals surface area (Å²) in [4.78, 5) is 0. The fraction of sp³-hybridized carbons (Fsp3) is 0.125. The Morgan fingerprint density at radius 3 is 3.00 bits per heavy atom. The monoisotopic (exact) mass is 259 g/mol. The van der Waals surface area contributed by atoms with Gasteiger partial charge in [0.15, 0.2) is 5.03 Å². The van der Waals surface area contributed by atoms with Crippen LogP contribution < -0.4 is 4.72 Å². The lowest BCUT2D eigenvalue weighted by Crippen LogP contribution is -2.14. The number of nitrogens with one attached hydrogen (secondary N) is 2. The third-order valence-corrected chi connectivity index (χ3v) is 3.97. The Balaban J connectivity index is 2.33. The zero-order valence-corrected chi connectivity index (χ0v) is 9.68. The highest BCUT2D eigenvalue weighted by molar-refractivity contribution is 7.92. The lowest BCUT2D eigenvalue weighted by Gasteiger charge is -2.04. The van der Waals surface area contributed by atoms with Gasteiger partial charge >= 0.3 is 0 Å². The van der Waals surface area contributed by atoms with E-state index in [0.29, 0.717) is 5.69 Å². The van der Waals surface area contributed by atoms with Gasteiger partial charge in [0.05, 0.1) is 18.5 Å². The summed E-state index contributed by atoms with van der Waals surface area (Å²) >= 11 is 1.39. The van der Waals surface area contributed by atoms with Crippen molar-refractivity contribution in [3.63, 3.8) is 0 Å². The van der Waals surface area contributed by atoms with Gasteiger partial charge in [0.25, 0.3) is 10.0 Å². The van der Waals surface area contributed by atoms with Gasteiger partial charge in [-0.1, -0.05) is 0 Å². The molecule has 2 rings (SSSR count). The summed E-state index contributed by atoms with van der Waals surface area (Å²) in [5.41, 5.74) is 0.728. The van der Waals surface area contributed by atoms with Crippen molar-refractivity contribution in [2.45, 2.75) is 11.6 Å². The molecule has 0 radical (unpaired) electrons. The predicted octanol–water partition coefficient (Wildman–Crippen LogP) is 0.764. The zero-order chi connectivity index (χ0) is 11.6. The van der Waals surface area contributed by atoms with Crippen molar-refractivity contribution in [2.75, 3.05) is 4.72 Å². The number of aromatic nitrogens is 2. The summed E-state index contributed by atoms with van der Waals surface area (Å²) in [6.45, 7) is -0.379. The molecule has 16 heavy (non-hydrogen) atoms. The number of H-pyrrole nitrogens is 1. The number of hydrogen-bond donors (Lipinski definition) is 3. The Hall–Kier alpha value is -1.38. The normalized spacial score (nSPS) is 11.6. The molecule has 0 unspecified atom stereocenters. The summed E-state index contributed by atoms with van der Waals surface area (Å²) in [5.74, 6) is 0. The molecule has 0 saturated heterocycles. The number of aliphatic hydroxyl groups is 1. The van der Waals surface area contributed by atoms with E-state index < -0.39 is 10.0 Å². The van der Waals surface area contributed by atoms with E-state index in [4.69, 9.17) is 5.11 Å². The maximum atomic E-state index is 11.9. The SMILES string of the molecule is O=S(=O)(Nc1ccsc1)c1[nH]ncc1CO. The van der Waals surface area contributed by atoms with E-state index in [1.54, 1.807) is 16.8 Å². The summed E-state index contributed by atoms with van der Waals surface area (Å²) in [5, 5.41) is 18.2. The van der Waals surface area contributed by atoms with Crippen LogP contribution in [-0.2, 0) is 16.6 Å². The minimum absolute atomic E-state index is 0.110. The second kappa shape index (κ2) is 4.24. The molecule has 0 aliphatic rings. The molecule has 0 fully saturated rings. The van der Waals surface area contributed by atoms with Crippen molar-refractivity contribution in [3.05, 3.63) is 28.6 Å². The van der Waals surface area contributed by atoms with Gasteiger partial charge < -0.3 is 5.11 Å². The van der Waals surface area contributed by atoms with Crippen LogP contribution in [0.4, 0.5) is 5.69 Å². The van der Waals surface area contributed by atoms with E-state index in [0.717, 1.165) is 0 Å². The number of anilines is 1. The summed E-state index contributed by atoms with van der Waals surface area (Å²) < 4.78 is 26.1. The Labute approximate surface area is 96.0 Å². The fourth-order valence-corrected chi connectivity index (χ4v) is 3.01. The standard InChI is InChI=1S/C8H9N3O3S2/c12-4-6-3-9-10-8(6)16(13,14)11-7-1-2-15-5-7/h1-3,5,11-12H,4H2,(H,9,10). The van der Waals surface area contributed by atoms with Crippen molar-refractivity contribution in [3.8, 4) is 0 Å². The molecule has 0 aromatic carbocycles. The number of hydrogen-bond acceptors (Lipinski definition) is 5. The van der Waals surface area contributed by atoms with Gasteiger partial charge in [0.1, 0.15) is 0 Å². The van der Waals surface area contributed by atoms with Crippen LogP contribution in [0.1, 0.15) is 5.56 Å². The highest BCUT2D eigenvalue weighted by Gasteiger charge is 2.20. The van der Waals surface area contributed by atoms with Gasteiger partial charge in [-0.2, -0.15) is 24.9 Å². The van der Waals surface area contributed by atoms with Crippen LogP contribution in [0.5, 0.6) is 0 Å². The molecule has 86 valence electrons. The number of aromatic amines is 1. The molecular formula is C8H9N3O3S2. The van der Waals surface area contributed by atoms with Gasteiger partial charge in [-0.25, -0.2) is 0 Å². The Bertz CT molecular complexity index is 559. The van der Waals surface area contributed by atoms with Crippen molar-refractivity contribution in [1.82, 2.24) is 10.2 Å². The van der Waals surface area contributed by atoms with Gasteiger partial charge in [0.2, 0.25) is 0 Å². The maximum absolute atomic E-state index is 11.9. The quantitative estimate of drug-likeness (QED) is 0.755. The van der Waals surface area contributed by atoms with E-state index in [9.17, 15) is 8.42 Å². The lowest BCUT2D eigenvalue weighted by atomic mass is 10.4. The largest absolute Gasteiger partial charge is 0.392 e. The van der Waals surface area contributed by atoms with Gasteiger partial charge in [-0.05, 0) is 11.4 Å². The number of nitrogens with zero attached hydrogens (tertiary/aromatic N) is 1. The molecule has 2 aromatic rings. The minimum atomic E-state index is -3.70. The first kappa shape index (κ1) is 11.1. The maximum Gasteiger partial charge on any atom is 0.279 e. The minimum Gasteiger partial charge on any atom is -0.392 e. The topological polar surface area (TPSA) is 95.1 Å². The van der Waals surface area contributed by atoms with E-state index in [-0.39, 0.29) is 17.2 Å². The molecule has 8 heteroatoms. The number of thiophene rings is 1. The van der Waals surface area contributed by atoms with Gasteiger partial charge in [-0.3, -0.25) is 9.82 Å². The first-order valence-corrected chi connectivity index (χ1v) is 6.74. The van der Waals surface area contributed by atoms with Crippen molar-refractivity contribution < 1.29 is 13.5 Å². The van der Waals surface area contributed by atoms with Gasteiger partial charge in [-0.15, -0.1) is 0 Å². The second-order valence-electron chi connectivity index (χ2n) is 3.00. The number of aliphatic hydroxyl groups excluding tert-OH is 1. The zero-order valence-electron chi connectivity index (χ0n) is 8.04. The van der Waals surface area contributed by atoms with Crippen LogP contribution in [0.2, 0.25) is 0 Å². The molecule has 0 aliphatic carbocycles. The summed E-state index contributed by atoms with van der Waals surface area (Å²) in [6.07, 6.45) is 1.28. The lowest BCUT2D eigenvalue weighted by molar-refractivity contribution is 0.278. The number of sulfonamides is 1. The Morgan fingerprint density at radius 2 is 2.38 bits per heavy atom. The molecule has 6 nitrogen and oxygen atoms in total. The molecule has 2 aromatic heterocycles. The van der Waals surface area contributed by atoms with Crippen molar-refractivity contribution in [1.29, 1.82) is 0 Å². The molecule has 0 saturated carbocycles. The Kier molecular flexibility index (Phi) is 2.95. The van der Waals surface area contributed by atoms with Crippen LogP contribution >= 0.6 is 11.3 Å². The molecule has 0 bridgehead atoms. The van der Waals surface area contributed by atoms with E-state index in [1.807, 2.05) is 0 Å². The highest BCUT2D eigenvalue weighted by atomic mass is 32.2. The predicted molar refractivity (Wildman–Crippen MR) is 59.6 cm³/mol. The molecule has 0 aliphatic heterocycles. The third kappa shape index (κ3) is 2.08. The number of rotatable bonds is 4. The van der Waals surface area contributed by atoms with E-state index in [2.05, 4.69) is 14.9 Å².